The Morgan fingerprint density at radius 3 is 2.00 bits per heavy atom. The molecule has 1 heterocycles. The van der Waals surface area contributed by atoms with Crippen molar-refractivity contribution in [3.63, 3.8) is 0 Å². The van der Waals surface area contributed by atoms with E-state index in [4.69, 9.17) is 0 Å². The van der Waals surface area contributed by atoms with Crippen LogP contribution in [0.1, 0.15) is 19.3 Å². The van der Waals surface area contributed by atoms with Crippen molar-refractivity contribution in [3.05, 3.63) is 29.1 Å². The second kappa shape index (κ2) is 5.74. The Hall–Kier alpha value is -1.70. The first-order valence-corrected chi connectivity index (χ1v) is 5.99. The van der Waals surface area contributed by atoms with Crippen LogP contribution in [0.15, 0.2) is 0 Å². The van der Waals surface area contributed by atoms with Crippen molar-refractivity contribution in [2.24, 2.45) is 0 Å². The van der Waals surface area contributed by atoms with E-state index < -0.39 is 46.7 Å². The van der Waals surface area contributed by atoms with Crippen LogP contribution in [0, 0.1) is 29.1 Å². The van der Waals surface area contributed by atoms with E-state index in [0.29, 0.717) is 13.0 Å². The van der Waals surface area contributed by atoms with Gasteiger partial charge >= 0.3 is 0 Å². The summed E-state index contributed by atoms with van der Waals surface area (Å²) >= 11 is 0. The molecule has 1 saturated heterocycles. The highest BCUT2D eigenvalue weighted by Gasteiger charge is 2.29. The first-order chi connectivity index (χ1) is 9.43. The van der Waals surface area contributed by atoms with Gasteiger partial charge in [0.1, 0.15) is 5.69 Å². The molecule has 0 unspecified atom stereocenters. The molecule has 0 aromatic heterocycles. The third kappa shape index (κ3) is 2.60. The molecule has 1 atom stereocenters. The molecule has 110 valence electrons. The highest BCUT2D eigenvalue weighted by atomic mass is 19.2. The summed E-state index contributed by atoms with van der Waals surface area (Å²) in [4.78, 5) is 11.7. The largest absolute Gasteiger partial charge is 0.320 e. The van der Waals surface area contributed by atoms with Crippen molar-refractivity contribution in [2.45, 2.75) is 25.3 Å². The summed E-state index contributed by atoms with van der Waals surface area (Å²) in [6.07, 6.45) is 2.02. The third-order valence-corrected chi connectivity index (χ3v) is 3.08. The standard InChI is InChI=1S/C12H11F5N2O/c13-6-7(14)9(16)11(10(17)8(6)15)19-12(20)5-3-1-2-4-18-5/h5,18H,1-4H2,(H,19,20)/t5-/m0/s1. The fourth-order valence-electron chi connectivity index (χ4n) is 2.00. The van der Waals surface area contributed by atoms with E-state index in [9.17, 15) is 26.7 Å². The molecule has 20 heavy (non-hydrogen) atoms. The van der Waals surface area contributed by atoms with E-state index >= 15 is 0 Å². The average Bonchev–Trinajstić information content (AvgIpc) is 2.48. The second-order valence-corrected chi connectivity index (χ2v) is 4.44. The summed E-state index contributed by atoms with van der Waals surface area (Å²) in [5.41, 5.74) is -1.32. The van der Waals surface area contributed by atoms with Crippen molar-refractivity contribution in [1.82, 2.24) is 5.32 Å². The number of hydrogen-bond acceptors (Lipinski definition) is 2. The SMILES string of the molecule is O=C(Nc1c(F)c(F)c(F)c(F)c1F)[C@@H]1CCCCN1. The van der Waals surface area contributed by atoms with Crippen LogP contribution in [-0.2, 0) is 4.79 Å². The van der Waals surface area contributed by atoms with Crippen LogP contribution >= 0.6 is 0 Å². The molecule has 0 aliphatic carbocycles. The Morgan fingerprint density at radius 1 is 0.950 bits per heavy atom. The van der Waals surface area contributed by atoms with E-state index in [1.807, 2.05) is 0 Å². The quantitative estimate of drug-likeness (QED) is 0.500. The number of amides is 1. The van der Waals surface area contributed by atoms with Crippen molar-refractivity contribution in [1.29, 1.82) is 0 Å². The molecular formula is C12H11F5N2O. The highest BCUT2D eigenvalue weighted by molar-refractivity contribution is 5.95. The molecule has 0 saturated carbocycles. The number of rotatable bonds is 2. The van der Waals surface area contributed by atoms with Crippen LogP contribution in [0.5, 0.6) is 0 Å². The number of nitrogens with one attached hydrogen (secondary N) is 2. The van der Waals surface area contributed by atoms with Gasteiger partial charge in [0.25, 0.3) is 0 Å². The molecular weight excluding hydrogens is 283 g/mol. The van der Waals surface area contributed by atoms with Gasteiger partial charge in [-0.25, -0.2) is 22.0 Å². The third-order valence-electron chi connectivity index (χ3n) is 3.08. The lowest BCUT2D eigenvalue weighted by molar-refractivity contribution is -0.118. The Labute approximate surface area is 111 Å². The fraction of sp³-hybridized carbons (Fsp3) is 0.417. The zero-order valence-electron chi connectivity index (χ0n) is 10.2. The predicted molar refractivity (Wildman–Crippen MR) is 60.5 cm³/mol. The number of piperidine rings is 1. The molecule has 3 nitrogen and oxygen atoms in total. The number of carbonyl (C=O) groups excluding carboxylic acids is 1. The summed E-state index contributed by atoms with van der Waals surface area (Å²) < 4.78 is 65.5. The molecule has 8 heteroatoms. The van der Waals surface area contributed by atoms with Crippen molar-refractivity contribution < 1.29 is 26.7 Å². The van der Waals surface area contributed by atoms with Gasteiger partial charge in [-0.3, -0.25) is 4.79 Å². The number of benzene rings is 1. The van der Waals surface area contributed by atoms with Gasteiger partial charge in [-0.1, -0.05) is 6.42 Å². The Morgan fingerprint density at radius 2 is 1.50 bits per heavy atom. The van der Waals surface area contributed by atoms with Crippen LogP contribution < -0.4 is 10.6 Å². The van der Waals surface area contributed by atoms with Crippen molar-refractivity contribution >= 4 is 11.6 Å². The maximum absolute atomic E-state index is 13.4. The second-order valence-electron chi connectivity index (χ2n) is 4.44. The molecule has 0 radical (unpaired) electrons. The molecule has 1 amide bonds. The monoisotopic (exact) mass is 294 g/mol. The van der Waals surface area contributed by atoms with Gasteiger partial charge in [0.05, 0.1) is 6.04 Å². The van der Waals surface area contributed by atoms with Gasteiger partial charge in [-0.05, 0) is 19.4 Å². The predicted octanol–water partition coefficient (Wildman–Crippen LogP) is 2.46. The lowest BCUT2D eigenvalue weighted by atomic mass is 10.0. The first kappa shape index (κ1) is 14.7. The molecule has 1 aromatic carbocycles. The summed E-state index contributed by atoms with van der Waals surface area (Å²) in [5, 5.41) is 4.56. The van der Waals surface area contributed by atoms with E-state index in [1.165, 1.54) is 0 Å². The minimum Gasteiger partial charge on any atom is -0.320 e. The summed E-state index contributed by atoms with van der Waals surface area (Å²) in [6.45, 7) is 0.551. The molecule has 1 fully saturated rings. The molecule has 0 spiro atoms. The topological polar surface area (TPSA) is 41.1 Å². The Balaban J connectivity index is 2.27. The van der Waals surface area contributed by atoms with Gasteiger partial charge in [0.2, 0.25) is 11.7 Å². The number of halogens is 5. The van der Waals surface area contributed by atoms with Gasteiger partial charge in [-0.2, -0.15) is 0 Å². The van der Waals surface area contributed by atoms with Crippen LogP contribution in [0.3, 0.4) is 0 Å². The highest BCUT2D eigenvalue weighted by Crippen LogP contribution is 2.27. The Kier molecular flexibility index (Phi) is 4.22. The fourth-order valence-corrected chi connectivity index (χ4v) is 2.00. The number of anilines is 1. The van der Waals surface area contributed by atoms with Gasteiger partial charge < -0.3 is 10.6 Å². The van der Waals surface area contributed by atoms with Crippen LogP contribution in [0.4, 0.5) is 27.6 Å². The van der Waals surface area contributed by atoms with Crippen LogP contribution in [-0.4, -0.2) is 18.5 Å². The Bertz CT molecular complexity index is 514. The molecule has 1 aromatic rings. The maximum Gasteiger partial charge on any atom is 0.241 e. The van der Waals surface area contributed by atoms with Crippen LogP contribution in [0.25, 0.3) is 0 Å². The number of hydrogen-bond donors (Lipinski definition) is 2. The van der Waals surface area contributed by atoms with Gasteiger partial charge in [-0.15, -0.1) is 0 Å². The van der Waals surface area contributed by atoms with E-state index in [2.05, 4.69) is 5.32 Å². The average molecular weight is 294 g/mol. The lowest BCUT2D eigenvalue weighted by Crippen LogP contribution is -2.43. The normalized spacial score (nSPS) is 18.9. The zero-order chi connectivity index (χ0) is 14.9. The molecule has 1 aliphatic heterocycles. The maximum atomic E-state index is 13.4. The van der Waals surface area contributed by atoms with Crippen molar-refractivity contribution in [3.8, 4) is 0 Å². The van der Waals surface area contributed by atoms with Crippen LogP contribution in [0.2, 0.25) is 0 Å². The summed E-state index contributed by atoms with van der Waals surface area (Å²) in [6, 6.07) is -0.710. The molecule has 2 N–H and O–H groups in total. The van der Waals surface area contributed by atoms with Gasteiger partial charge in [0.15, 0.2) is 23.3 Å². The minimum atomic E-state index is -2.26. The van der Waals surface area contributed by atoms with E-state index in [1.54, 1.807) is 5.32 Å². The lowest BCUT2D eigenvalue weighted by Gasteiger charge is -2.22. The number of carbonyl (C=O) groups is 1. The van der Waals surface area contributed by atoms with Crippen molar-refractivity contribution in [2.75, 3.05) is 11.9 Å². The molecule has 1 aliphatic rings. The first-order valence-electron chi connectivity index (χ1n) is 5.99. The minimum absolute atomic E-state index is 0.432. The summed E-state index contributed by atoms with van der Waals surface area (Å²) in [7, 11) is 0. The smallest absolute Gasteiger partial charge is 0.241 e. The van der Waals surface area contributed by atoms with E-state index in [0.717, 1.165) is 12.8 Å². The summed E-state index contributed by atoms with van der Waals surface area (Å²) in [5.74, 6) is -11.4. The molecule has 2 rings (SSSR count). The van der Waals surface area contributed by atoms with Gasteiger partial charge in [0, 0.05) is 0 Å². The zero-order valence-corrected chi connectivity index (χ0v) is 10.2. The van der Waals surface area contributed by atoms with E-state index in [-0.39, 0.29) is 0 Å². The molecule has 0 bridgehead atoms.